The summed E-state index contributed by atoms with van der Waals surface area (Å²) in [6.45, 7) is 19.3. The Morgan fingerprint density at radius 1 is 0.667 bits per heavy atom. The molecule has 0 unspecified atom stereocenters. The lowest BCUT2D eigenvalue weighted by atomic mass is 9.79. The van der Waals surface area contributed by atoms with Crippen molar-refractivity contribution in [2.45, 2.75) is 160 Å². The molecule has 36 heavy (non-hydrogen) atoms. The zero-order chi connectivity index (χ0) is 27.2. The summed E-state index contributed by atoms with van der Waals surface area (Å²) < 4.78 is 17.7. The summed E-state index contributed by atoms with van der Waals surface area (Å²) in [5, 5.41) is 0. The van der Waals surface area contributed by atoms with Gasteiger partial charge in [0.1, 0.15) is 12.9 Å². The van der Waals surface area contributed by atoms with Crippen LogP contribution in [0, 0.1) is 0 Å². The number of rotatable bonds is 13. The van der Waals surface area contributed by atoms with E-state index in [2.05, 4.69) is 79.3 Å². The fourth-order valence-electron chi connectivity index (χ4n) is 6.39. The maximum atomic E-state index is 12.4. The van der Waals surface area contributed by atoms with Crippen LogP contribution in [0.25, 0.3) is 0 Å². The molecule has 0 aromatic rings. The van der Waals surface area contributed by atoms with E-state index in [1.54, 1.807) is 0 Å². The lowest BCUT2D eigenvalue weighted by Gasteiger charge is -2.53. The fraction of sp³-hybridized carbons (Fsp3) is 0.967. The molecule has 2 aliphatic rings. The largest absolute Gasteiger partial charge is 0.462 e. The lowest BCUT2D eigenvalue weighted by molar-refractivity contribution is -0.159. The fourth-order valence-corrected chi connectivity index (χ4v) is 6.39. The molecule has 0 bridgehead atoms. The van der Waals surface area contributed by atoms with Gasteiger partial charge in [-0.25, -0.2) is 0 Å². The molecule has 0 radical (unpaired) electrons. The Morgan fingerprint density at radius 3 is 1.58 bits per heavy atom. The Bertz CT molecular complexity index is 652. The number of carbonyl (C=O) groups excluding carboxylic acids is 1. The molecule has 0 spiro atoms. The van der Waals surface area contributed by atoms with Crippen molar-refractivity contribution in [1.82, 2.24) is 9.80 Å². The standard InChI is InChI=1S/C30H58N2O4/c1-27(2)19-24(20-28(3,4)31(27)9)35-23-34-18-16-14-12-11-13-15-17-26(33)36-25-21-29(5,6)32(10)30(7,8)22-25/h24-25H,11-23H2,1-10H3. The van der Waals surface area contributed by atoms with Gasteiger partial charge in [0.2, 0.25) is 0 Å². The summed E-state index contributed by atoms with van der Waals surface area (Å²) in [5.74, 6) is -0.0269. The van der Waals surface area contributed by atoms with Crippen molar-refractivity contribution in [2.24, 2.45) is 0 Å². The molecular formula is C30H58N2O4. The van der Waals surface area contributed by atoms with E-state index >= 15 is 0 Å². The summed E-state index contributed by atoms with van der Waals surface area (Å²) in [7, 11) is 4.39. The normalized spacial score (nSPS) is 24.6. The van der Waals surface area contributed by atoms with E-state index in [0.717, 1.165) is 58.0 Å². The van der Waals surface area contributed by atoms with Crippen LogP contribution in [0.5, 0.6) is 0 Å². The molecule has 6 nitrogen and oxygen atoms in total. The van der Waals surface area contributed by atoms with Gasteiger partial charge in [-0.3, -0.25) is 14.6 Å². The van der Waals surface area contributed by atoms with Crippen LogP contribution in [0.15, 0.2) is 0 Å². The highest BCUT2D eigenvalue weighted by Gasteiger charge is 2.45. The van der Waals surface area contributed by atoms with Gasteiger partial charge in [0.15, 0.2) is 0 Å². The third kappa shape index (κ3) is 9.25. The Hall–Kier alpha value is -0.690. The predicted octanol–water partition coefficient (Wildman–Crippen LogP) is 6.55. The first kappa shape index (κ1) is 31.5. The second kappa shape index (κ2) is 12.9. The van der Waals surface area contributed by atoms with Crippen LogP contribution >= 0.6 is 0 Å². The van der Waals surface area contributed by atoms with E-state index in [1.165, 1.54) is 12.8 Å². The van der Waals surface area contributed by atoms with Crippen molar-refractivity contribution >= 4 is 5.97 Å². The van der Waals surface area contributed by atoms with Crippen molar-refractivity contribution < 1.29 is 19.0 Å². The summed E-state index contributed by atoms with van der Waals surface area (Å²) in [4.78, 5) is 17.3. The van der Waals surface area contributed by atoms with Crippen molar-refractivity contribution in [2.75, 3.05) is 27.5 Å². The van der Waals surface area contributed by atoms with E-state index in [9.17, 15) is 4.79 Å². The van der Waals surface area contributed by atoms with Gasteiger partial charge in [0.05, 0.1) is 6.10 Å². The van der Waals surface area contributed by atoms with E-state index in [4.69, 9.17) is 14.2 Å². The van der Waals surface area contributed by atoms with Gasteiger partial charge < -0.3 is 14.2 Å². The number of piperidine rings is 2. The van der Waals surface area contributed by atoms with Crippen molar-refractivity contribution in [3.8, 4) is 0 Å². The Balaban J connectivity index is 1.47. The second-order valence-electron chi connectivity index (χ2n) is 14.0. The van der Waals surface area contributed by atoms with Crippen LogP contribution < -0.4 is 0 Å². The van der Waals surface area contributed by atoms with Crippen LogP contribution in [-0.4, -0.2) is 77.6 Å². The van der Waals surface area contributed by atoms with Crippen LogP contribution in [0.4, 0.5) is 0 Å². The summed E-state index contributed by atoms with van der Waals surface area (Å²) >= 11 is 0. The molecule has 2 fully saturated rings. The first-order valence-electron chi connectivity index (χ1n) is 14.4. The minimum atomic E-state index is -0.0269. The SMILES string of the molecule is CN1C(C)(C)CC(OCOCCCCCCCCC(=O)OC2CC(C)(C)N(C)C(C)(C)C2)CC1(C)C. The van der Waals surface area contributed by atoms with Gasteiger partial charge in [-0.15, -0.1) is 0 Å². The van der Waals surface area contributed by atoms with Gasteiger partial charge in [0, 0.05) is 48.0 Å². The van der Waals surface area contributed by atoms with Gasteiger partial charge in [-0.2, -0.15) is 0 Å². The van der Waals surface area contributed by atoms with Gasteiger partial charge in [0.25, 0.3) is 0 Å². The smallest absolute Gasteiger partial charge is 0.306 e. The Kier molecular flexibility index (Phi) is 11.3. The van der Waals surface area contributed by atoms with Crippen molar-refractivity contribution in [3.63, 3.8) is 0 Å². The number of likely N-dealkylation sites (tertiary alicyclic amines) is 2. The molecule has 6 heteroatoms. The molecule has 2 heterocycles. The molecule has 0 aliphatic carbocycles. The Labute approximate surface area is 222 Å². The lowest BCUT2D eigenvalue weighted by Crippen LogP contribution is -2.60. The van der Waals surface area contributed by atoms with Crippen molar-refractivity contribution in [3.05, 3.63) is 0 Å². The first-order chi connectivity index (χ1) is 16.6. The van der Waals surface area contributed by atoms with Crippen LogP contribution in [0.2, 0.25) is 0 Å². The van der Waals surface area contributed by atoms with Crippen LogP contribution in [-0.2, 0) is 19.0 Å². The number of nitrogens with zero attached hydrogens (tertiary/aromatic N) is 2. The monoisotopic (exact) mass is 510 g/mol. The van der Waals surface area contributed by atoms with Crippen molar-refractivity contribution in [1.29, 1.82) is 0 Å². The van der Waals surface area contributed by atoms with E-state index in [1.807, 2.05) is 0 Å². The number of hydrogen-bond donors (Lipinski definition) is 0. The highest BCUT2D eigenvalue weighted by molar-refractivity contribution is 5.69. The van der Waals surface area contributed by atoms with E-state index in [-0.39, 0.29) is 40.3 Å². The molecule has 0 amide bonds. The number of carbonyl (C=O) groups is 1. The number of hydrogen-bond acceptors (Lipinski definition) is 6. The minimum absolute atomic E-state index is 0.0269. The molecule has 212 valence electrons. The number of unbranched alkanes of at least 4 members (excludes halogenated alkanes) is 5. The average Bonchev–Trinajstić information content (AvgIpc) is 2.73. The number of ether oxygens (including phenoxy) is 3. The highest BCUT2D eigenvalue weighted by Crippen LogP contribution is 2.39. The molecule has 0 saturated carbocycles. The second-order valence-corrected chi connectivity index (χ2v) is 14.0. The maximum absolute atomic E-state index is 12.4. The zero-order valence-electron chi connectivity index (χ0n) is 25.4. The summed E-state index contributed by atoms with van der Waals surface area (Å²) in [6, 6.07) is 0. The van der Waals surface area contributed by atoms with Gasteiger partial charge >= 0.3 is 5.97 Å². The molecule has 0 atom stereocenters. The third-order valence-electron chi connectivity index (χ3n) is 9.15. The predicted molar refractivity (Wildman–Crippen MR) is 148 cm³/mol. The van der Waals surface area contributed by atoms with Gasteiger partial charge in [-0.05, 0) is 95.2 Å². The molecule has 0 aromatic heterocycles. The number of esters is 1. The molecule has 2 saturated heterocycles. The average molecular weight is 511 g/mol. The van der Waals surface area contributed by atoms with Crippen LogP contribution in [0.3, 0.4) is 0 Å². The molecule has 2 rings (SSSR count). The van der Waals surface area contributed by atoms with E-state index in [0.29, 0.717) is 13.2 Å². The molecular weight excluding hydrogens is 452 g/mol. The molecule has 0 N–H and O–H groups in total. The minimum Gasteiger partial charge on any atom is -0.462 e. The zero-order valence-corrected chi connectivity index (χ0v) is 25.4. The third-order valence-corrected chi connectivity index (χ3v) is 9.15. The highest BCUT2D eigenvalue weighted by atomic mass is 16.7. The molecule has 2 aliphatic heterocycles. The Morgan fingerprint density at radius 2 is 1.08 bits per heavy atom. The quantitative estimate of drug-likeness (QED) is 0.159. The molecule has 0 aromatic carbocycles. The summed E-state index contributed by atoms with van der Waals surface area (Å²) in [5.41, 5.74) is 0.375. The maximum Gasteiger partial charge on any atom is 0.306 e. The summed E-state index contributed by atoms with van der Waals surface area (Å²) in [6.07, 6.45) is 11.3. The van der Waals surface area contributed by atoms with Crippen LogP contribution in [0.1, 0.15) is 126 Å². The van der Waals surface area contributed by atoms with E-state index < -0.39 is 0 Å². The first-order valence-corrected chi connectivity index (χ1v) is 14.4. The van der Waals surface area contributed by atoms with Gasteiger partial charge in [-0.1, -0.05) is 25.7 Å². The topological polar surface area (TPSA) is 51.2 Å².